The molecule has 1 fully saturated rings. The lowest BCUT2D eigenvalue weighted by Gasteiger charge is -2.30. The molecule has 0 aliphatic heterocycles. The molecule has 0 spiro atoms. The van der Waals surface area contributed by atoms with Crippen molar-refractivity contribution in [1.82, 2.24) is 25.6 Å². The summed E-state index contributed by atoms with van der Waals surface area (Å²) in [6.07, 6.45) is -7.26. The molecule has 18 heteroatoms. The van der Waals surface area contributed by atoms with Crippen LogP contribution in [-0.2, 0) is 6.54 Å². The Morgan fingerprint density at radius 1 is 1.04 bits per heavy atom. The maximum absolute atomic E-state index is 13.2. The number of carbonyl (C=O) groups excluding carboxylic acids is 2. The van der Waals surface area contributed by atoms with Crippen LogP contribution in [0.2, 0.25) is 15.1 Å². The molecular weight excluding hydrogens is 702 g/mol. The molecule has 46 heavy (non-hydrogen) atoms. The van der Waals surface area contributed by atoms with E-state index in [4.69, 9.17) is 39.5 Å². The quantitative estimate of drug-likeness (QED) is 0.123. The highest BCUT2D eigenvalue weighted by atomic mass is 35.5. The summed E-state index contributed by atoms with van der Waals surface area (Å²) in [5, 5.41) is 10.7. The van der Waals surface area contributed by atoms with E-state index in [1.165, 1.54) is 17.4 Å². The number of alkyl halides is 5. The largest absolute Gasteiger partial charge is 0.471 e. The Kier molecular flexibility index (Phi) is 10.4. The molecular formula is C28H24Cl3F5N6O3S. The molecule has 0 atom stereocenters. The number of fused-ring (bicyclic) bond motifs is 1. The molecule has 4 N–H and O–H groups in total. The fourth-order valence-corrected chi connectivity index (χ4v) is 6.49. The van der Waals surface area contributed by atoms with E-state index in [0.717, 1.165) is 0 Å². The lowest BCUT2D eigenvalue weighted by Crippen LogP contribution is -2.40. The number of imidazole rings is 1. The molecule has 2 amide bonds. The summed E-state index contributed by atoms with van der Waals surface area (Å²) < 4.78 is 70.2. The van der Waals surface area contributed by atoms with E-state index in [2.05, 4.69) is 30.9 Å². The Morgan fingerprint density at radius 3 is 2.43 bits per heavy atom. The number of carbonyl (C=O) groups is 2. The minimum absolute atomic E-state index is 0.00232. The van der Waals surface area contributed by atoms with E-state index in [9.17, 15) is 31.5 Å². The topological polar surface area (TPSA) is 121 Å². The van der Waals surface area contributed by atoms with Crippen molar-refractivity contribution in [3.05, 3.63) is 60.7 Å². The standard InChI is InChI=1S/C28H24Cl3F5N6O3S/c29-16-6-1-12(10-37-25(44)22-17(30)7-8-46-22)20(31)21(16)40-27-39-18-9-15(26(41-23(18)42-27)45-11-19(32)33)24(43)38-14-4-2-13(3-5-14)28(34,35)36/h1,6-9,13-14,19H,2-5,10-11H2,(H,37,44)(H,38,43)(H2,39,40,41,42)/t13-,14-. The molecule has 246 valence electrons. The van der Waals surface area contributed by atoms with Crippen LogP contribution in [0, 0.1) is 5.92 Å². The van der Waals surface area contributed by atoms with Crippen LogP contribution in [0.4, 0.5) is 33.6 Å². The zero-order valence-electron chi connectivity index (χ0n) is 23.4. The van der Waals surface area contributed by atoms with E-state index in [-0.39, 0.29) is 76.5 Å². The predicted octanol–water partition coefficient (Wildman–Crippen LogP) is 8.15. The van der Waals surface area contributed by atoms with Gasteiger partial charge in [0, 0.05) is 12.6 Å². The lowest BCUT2D eigenvalue weighted by molar-refractivity contribution is -0.182. The van der Waals surface area contributed by atoms with Crippen LogP contribution in [-0.4, -0.2) is 52.0 Å². The second-order valence-electron chi connectivity index (χ2n) is 10.4. The first-order chi connectivity index (χ1) is 21.8. The molecule has 1 saturated carbocycles. The summed E-state index contributed by atoms with van der Waals surface area (Å²) in [6.45, 7) is -1.02. The molecule has 0 bridgehead atoms. The van der Waals surface area contributed by atoms with Gasteiger partial charge in [-0.25, -0.2) is 8.78 Å². The maximum atomic E-state index is 13.2. The molecule has 3 heterocycles. The van der Waals surface area contributed by atoms with Crippen LogP contribution >= 0.6 is 46.1 Å². The third-order valence-corrected chi connectivity index (χ3v) is 9.32. The monoisotopic (exact) mass is 724 g/mol. The van der Waals surface area contributed by atoms with Crippen molar-refractivity contribution in [2.24, 2.45) is 5.92 Å². The molecule has 9 nitrogen and oxygen atoms in total. The normalized spacial score (nSPS) is 16.9. The molecule has 0 unspecified atom stereocenters. The highest BCUT2D eigenvalue weighted by Gasteiger charge is 2.41. The van der Waals surface area contributed by atoms with Gasteiger partial charge in [0.05, 0.1) is 32.2 Å². The summed E-state index contributed by atoms with van der Waals surface area (Å²) >= 11 is 20.2. The number of aromatic nitrogens is 3. The van der Waals surface area contributed by atoms with Gasteiger partial charge in [0.25, 0.3) is 18.2 Å². The number of aromatic amines is 1. The fraction of sp³-hybridized carbons (Fsp3) is 0.357. The summed E-state index contributed by atoms with van der Waals surface area (Å²) in [6, 6.07) is 5.53. The zero-order valence-corrected chi connectivity index (χ0v) is 26.5. The molecule has 0 saturated heterocycles. The molecule has 1 aliphatic carbocycles. The zero-order chi connectivity index (χ0) is 33.2. The number of thiophene rings is 1. The molecule has 1 aromatic carbocycles. The smallest absolute Gasteiger partial charge is 0.391 e. The first-order valence-corrected chi connectivity index (χ1v) is 15.8. The highest BCUT2D eigenvalue weighted by Crippen LogP contribution is 2.38. The molecule has 5 rings (SSSR count). The number of hydrogen-bond donors (Lipinski definition) is 4. The number of rotatable bonds is 10. The first kappa shape index (κ1) is 33.9. The number of nitrogens with one attached hydrogen (secondary N) is 4. The van der Waals surface area contributed by atoms with E-state index >= 15 is 0 Å². The minimum Gasteiger partial charge on any atom is -0.471 e. The molecule has 1 aliphatic rings. The van der Waals surface area contributed by atoms with E-state index < -0.39 is 43.0 Å². The van der Waals surface area contributed by atoms with Crippen LogP contribution < -0.4 is 20.7 Å². The highest BCUT2D eigenvalue weighted by molar-refractivity contribution is 7.12. The van der Waals surface area contributed by atoms with Gasteiger partial charge in [-0.1, -0.05) is 40.9 Å². The Hall–Kier alpha value is -3.40. The number of anilines is 2. The van der Waals surface area contributed by atoms with E-state index in [0.29, 0.717) is 15.5 Å². The van der Waals surface area contributed by atoms with Crippen LogP contribution in [0.1, 0.15) is 51.3 Å². The van der Waals surface area contributed by atoms with Crippen molar-refractivity contribution in [2.45, 2.75) is 50.9 Å². The Labute approximate surface area is 277 Å². The van der Waals surface area contributed by atoms with Gasteiger partial charge >= 0.3 is 6.18 Å². The lowest BCUT2D eigenvalue weighted by atomic mass is 9.85. The number of ether oxygens (including phenoxy) is 1. The van der Waals surface area contributed by atoms with Crippen LogP contribution in [0.25, 0.3) is 11.2 Å². The van der Waals surface area contributed by atoms with Gasteiger partial charge in [0.15, 0.2) is 12.3 Å². The first-order valence-electron chi connectivity index (χ1n) is 13.7. The van der Waals surface area contributed by atoms with Crippen LogP contribution in [0.3, 0.4) is 0 Å². The number of amides is 2. The van der Waals surface area contributed by atoms with Gasteiger partial charge in [-0.15, -0.1) is 11.3 Å². The average molecular weight is 726 g/mol. The Morgan fingerprint density at radius 2 is 1.78 bits per heavy atom. The van der Waals surface area contributed by atoms with Gasteiger partial charge in [-0.2, -0.15) is 23.1 Å². The predicted molar refractivity (Wildman–Crippen MR) is 165 cm³/mol. The number of pyridine rings is 1. The van der Waals surface area contributed by atoms with Crippen molar-refractivity contribution in [2.75, 3.05) is 11.9 Å². The summed E-state index contributed by atoms with van der Waals surface area (Å²) in [5.41, 5.74) is 0.736. The van der Waals surface area contributed by atoms with E-state index in [1.54, 1.807) is 23.6 Å². The van der Waals surface area contributed by atoms with E-state index in [1.807, 2.05) is 0 Å². The number of nitrogens with zero attached hydrogens (tertiary/aromatic N) is 2. The molecule has 4 aromatic rings. The second kappa shape index (κ2) is 14.2. The summed E-state index contributed by atoms with van der Waals surface area (Å²) in [5.74, 6) is -2.93. The number of halogens is 8. The van der Waals surface area contributed by atoms with Gasteiger partial charge in [-0.3, -0.25) is 9.59 Å². The third-order valence-electron chi connectivity index (χ3n) is 7.23. The Bertz CT molecular complexity index is 1740. The van der Waals surface area contributed by atoms with Crippen molar-refractivity contribution < 1.29 is 36.3 Å². The van der Waals surface area contributed by atoms with Crippen molar-refractivity contribution in [3.8, 4) is 5.88 Å². The van der Waals surface area contributed by atoms with Gasteiger partial charge < -0.3 is 25.7 Å². The van der Waals surface area contributed by atoms with Crippen molar-refractivity contribution >= 4 is 80.8 Å². The van der Waals surface area contributed by atoms with Gasteiger partial charge in [-0.05, 0) is 54.8 Å². The SMILES string of the molecule is O=C(N[C@H]1CC[C@H](C(F)(F)F)CC1)c1cc2[nH]c(Nc3c(Cl)ccc(CNC(=O)c4sccc4Cl)c3Cl)nc2nc1OCC(F)F. The van der Waals surface area contributed by atoms with Crippen molar-refractivity contribution in [1.29, 1.82) is 0 Å². The van der Waals surface area contributed by atoms with Crippen LogP contribution in [0.5, 0.6) is 5.88 Å². The molecule has 0 radical (unpaired) electrons. The fourth-order valence-electron chi connectivity index (χ4n) is 4.90. The number of benzene rings is 1. The van der Waals surface area contributed by atoms with Gasteiger partial charge in [0.2, 0.25) is 11.8 Å². The van der Waals surface area contributed by atoms with Crippen LogP contribution in [0.15, 0.2) is 29.6 Å². The minimum atomic E-state index is -4.31. The van der Waals surface area contributed by atoms with Crippen molar-refractivity contribution in [3.63, 3.8) is 0 Å². The van der Waals surface area contributed by atoms with Gasteiger partial charge in [0.1, 0.15) is 10.4 Å². The molecule has 3 aromatic heterocycles. The summed E-state index contributed by atoms with van der Waals surface area (Å²) in [4.78, 5) is 37.3. The summed E-state index contributed by atoms with van der Waals surface area (Å²) in [7, 11) is 0. The number of H-pyrrole nitrogens is 1. The second-order valence-corrected chi connectivity index (χ2v) is 12.5. The maximum Gasteiger partial charge on any atom is 0.391 e. The number of hydrogen-bond acceptors (Lipinski definition) is 7. The third kappa shape index (κ3) is 7.93. The Balaban J connectivity index is 1.35. The average Bonchev–Trinajstić information content (AvgIpc) is 3.61.